The van der Waals surface area contributed by atoms with Crippen LogP contribution in [-0.2, 0) is 14.2 Å². The summed E-state index contributed by atoms with van der Waals surface area (Å²) in [4.78, 5) is 0. The summed E-state index contributed by atoms with van der Waals surface area (Å²) in [5.74, 6) is -0.494. The second-order valence-electron chi connectivity index (χ2n) is 4.33. The lowest BCUT2D eigenvalue weighted by molar-refractivity contribution is -0.172. The van der Waals surface area contributed by atoms with Crippen molar-refractivity contribution in [1.29, 1.82) is 0 Å². The fourth-order valence-electron chi connectivity index (χ4n) is 1.62. The van der Waals surface area contributed by atoms with Crippen molar-refractivity contribution in [3.8, 4) is 0 Å². The van der Waals surface area contributed by atoms with Gasteiger partial charge in [-0.1, -0.05) is 6.08 Å². The minimum Gasteiger partial charge on any atom is -0.375 e. The normalized spacial score (nSPS) is 29.9. The Hall–Kier alpha value is -0.380. The Kier molecular flexibility index (Phi) is 3.35. The van der Waals surface area contributed by atoms with Gasteiger partial charge in [-0.3, -0.25) is 0 Å². The molecule has 0 saturated carbocycles. The van der Waals surface area contributed by atoms with Crippen molar-refractivity contribution in [1.82, 2.24) is 0 Å². The summed E-state index contributed by atoms with van der Waals surface area (Å²) in [7, 11) is 1.69. The van der Waals surface area contributed by atoms with E-state index in [1.807, 2.05) is 26.8 Å². The molecule has 0 aliphatic carbocycles. The first-order valence-electron chi connectivity index (χ1n) is 4.91. The molecule has 14 heavy (non-hydrogen) atoms. The molecule has 3 heteroatoms. The molecule has 1 aliphatic heterocycles. The molecule has 82 valence electrons. The third kappa shape index (κ3) is 2.35. The SMILES string of the molecule is C=CCC(C)(OC)C1COC(C)(C)O1. The number of hydrogen-bond donors (Lipinski definition) is 0. The minimum atomic E-state index is -0.494. The highest BCUT2D eigenvalue weighted by Gasteiger charge is 2.43. The van der Waals surface area contributed by atoms with Crippen molar-refractivity contribution < 1.29 is 14.2 Å². The van der Waals surface area contributed by atoms with Crippen molar-refractivity contribution in [2.24, 2.45) is 0 Å². The highest BCUT2D eigenvalue weighted by atomic mass is 16.7. The van der Waals surface area contributed by atoms with Gasteiger partial charge in [0.2, 0.25) is 0 Å². The topological polar surface area (TPSA) is 27.7 Å². The monoisotopic (exact) mass is 200 g/mol. The molecular formula is C11H20O3. The molecule has 0 bridgehead atoms. The van der Waals surface area contributed by atoms with Crippen LogP contribution in [0.2, 0.25) is 0 Å². The lowest BCUT2D eigenvalue weighted by atomic mass is 9.95. The lowest BCUT2D eigenvalue weighted by Crippen LogP contribution is -2.43. The van der Waals surface area contributed by atoms with Gasteiger partial charge in [-0.15, -0.1) is 6.58 Å². The summed E-state index contributed by atoms with van der Waals surface area (Å²) in [5.41, 5.74) is -0.338. The largest absolute Gasteiger partial charge is 0.375 e. The smallest absolute Gasteiger partial charge is 0.163 e. The number of methoxy groups -OCH3 is 1. The van der Waals surface area contributed by atoms with E-state index in [-0.39, 0.29) is 11.7 Å². The van der Waals surface area contributed by atoms with Crippen LogP contribution in [0, 0.1) is 0 Å². The molecule has 1 aliphatic rings. The predicted octanol–water partition coefficient (Wildman–Crippen LogP) is 2.12. The summed E-state index contributed by atoms with van der Waals surface area (Å²) in [6.07, 6.45) is 2.58. The summed E-state index contributed by atoms with van der Waals surface area (Å²) in [6.45, 7) is 10.1. The summed E-state index contributed by atoms with van der Waals surface area (Å²) in [5, 5.41) is 0. The first kappa shape index (κ1) is 11.7. The third-order valence-corrected chi connectivity index (χ3v) is 2.71. The zero-order chi connectivity index (χ0) is 10.8. The van der Waals surface area contributed by atoms with Crippen molar-refractivity contribution >= 4 is 0 Å². The lowest BCUT2D eigenvalue weighted by Gasteiger charge is -2.32. The van der Waals surface area contributed by atoms with Crippen LogP contribution in [0.15, 0.2) is 12.7 Å². The van der Waals surface area contributed by atoms with Gasteiger partial charge >= 0.3 is 0 Å². The Labute approximate surface area is 86.0 Å². The van der Waals surface area contributed by atoms with Crippen LogP contribution in [0.5, 0.6) is 0 Å². The minimum absolute atomic E-state index is 0.0273. The average Bonchev–Trinajstić information content (AvgIpc) is 2.47. The molecule has 0 spiro atoms. The molecule has 2 atom stereocenters. The van der Waals surface area contributed by atoms with Crippen molar-refractivity contribution in [3.05, 3.63) is 12.7 Å². The van der Waals surface area contributed by atoms with Crippen molar-refractivity contribution in [2.75, 3.05) is 13.7 Å². The van der Waals surface area contributed by atoms with Crippen LogP contribution in [0.1, 0.15) is 27.2 Å². The van der Waals surface area contributed by atoms with E-state index in [1.54, 1.807) is 7.11 Å². The van der Waals surface area contributed by atoms with E-state index in [0.717, 1.165) is 6.42 Å². The van der Waals surface area contributed by atoms with Gasteiger partial charge in [-0.2, -0.15) is 0 Å². The molecule has 2 unspecified atom stereocenters. The summed E-state index contributed by atoms with van der Waals surface area (Å²) in [6, 6.07) is 0. The van der Waals surface area contributed by atoms with Gasteiger partial charge in [0.05, 0.1) is 12.2 Å². The van der Waals surface area contributed by atoms with Crippen LogP contribution >= 0.6 is 0 Å². The zero-order valence-electron chi connectivity index (χ0n) is 9.50. The first-order valence-corrected chi connectivity index (χ1v) is 4.91. The maximum Gasteiger partial charge on any atom is 0.163 e. The second-order valence-corrected chi connectivity index (χ2v) is 4.33. The van der Waals surface area contributed by atoms with Gasteiger partial charge in [0, 0.05) is 7.11 Å². The Morgan fingerprint density at radius 3 is 2.64 bits per heavy atom. The van der Waals surface area contributed by atoms with E-state index >= 15 is 0 Å². The Bertz CT molecular complexity index is 213. The van der Waals surface area contributed by atoms with Crippen LogP contribution in [0.25, 0.3) is 0 Å². The zero-order valence-corrected chi connectivity index (χ0v) is 9.50. The summed E-state index contributed by atoms with van der Waals surface area (Å²) < 4.78 is 16.8. The molecule has 0 aromatic carbocycles. The molecular weight excluding hydrogens is 180 g/mol. The molecule has 0 aromatic rings. The van der Waals surface area contributed by atoms with E-state index in [9.17, 15) is 0 Å². The quantitative estimate of drug-likeness (QED) is 0.651. The molecule has 0 aromatic heterocycles. The molecule has 1 rings (SSSR count). The van der Waals surface area contributed by atoms with Gasteiger partial charge in [0.15, 0.2) is 5.79 Å². The van der Waals surface area contributed by atoms with Gasteiger partial charge in [-0.25, -0.2) is 0 Å². The number of hydrogen-bond acceptors (Lipinski definition) is 3. The van der Waals surface area contributed by atoms with Crippen LogP contribution in [0.4, 0.5) is 0 Å². The summed E-state index contributed by atoms with van der Waals surface area (Å²) >= 11 is 0. The van der Waals surface area contributed by atoms with E-state index in [1.165, 1.54) is 0 Å². The van der Waals surface area contributed by atoms with Gasteiger partial charge < -0.3 is 14.2 Å². The van der Waals surface area contributed by atoms with Crippen LogP contribution in [0.3, 0.4) is 0 Å². The highest BCUT2D eigenvalue weighted by molar-refractivity contribution is 4.94. The number of ether oxygens (including phenoxy) is 3. The van der Waals surface area contributed by atoms with Crippen molar-refractivity contribution in [3.63, 3.8) is 0 Å². The molecule has 1 heterocycles. The van der Waals surface area contributed by atoms with E-state index in [2.05, 4.69) is 6.58 Å². The standard InChI is InChI=1S/C11H20O3/c1-6-7-11(4,12-5)9-8-13-10(2,3)14-9/h6,9H,1,7-8H2,2-5H3. The highest BCUT2D eigenvalue weighted by Crippen LogP contribution is 2.32. The molecule has 1 saturated heterocycles. The molecule has 0 N–H and O–H groups in total. The first-order chi connectivity index (χ1) is 6.43. The second kappa shape index (κ2) is 4.01. The Morgan fingerprint density at radius 2 is 2.29 bits per heavy atom. The molecule has 0 amide bonds. The Balaban J connectivity index is 2.67. The predicted molar refractivity (Wildman–Crippen MR) is 55.1 cm³/mol. The molecule has 3 nitrogen and oxygen atoms in total. The maximum absolute atomic E-state index is 5.76. The van der Waals surface area contributed by atoms with Gasteiger partial charge in [-0.05, 0) is 27.2 Å². The molecule has 0 radical (unpaired) electrons. The van der Waals surface area contributed by atoms with E-state index in [0.29, 0.717) is 6.61 Å². The van der Waals surface area contributed by atoms with Crippen LogP contribution < -0.4 is 0 Å². The average molecular weight is 200 g/mol. The van der Waals surface area contributed by atoms with Crippen LogP contribution in [-0.4, -0.2) is 31.2 Å². The fourth-order valence-corrected chi connectivity index (χ4v) is 1.62. The maximum atomic E-state index is 5.76. The van der Waals surface area contributed by atoms with E-state index in [4.69, 9.17) is 14.2 Å². The van der Waals surface area contributed by atoms with E-state index < -0.39 is 5.79 Å². The van der Waals surface area contributed by atoms with Gasteiger partial charge in [0.1, 0.15) is 6.10 Å². The third-order valence-electron chi connectivity index (χ3n) is 2.71. The number of rotatable bonds is 4. The Morgan fingerprint density at radius 1 is 1.64 bits per heavy atom. The molecule has 1 fully saturated rings. The van der Waals surface area contributed by atoms with Crippen molar-refractivity contribution in [2.45, 2.75) is 44.7 Å². The van der Waals surface area contributed by atoms with Gasteiger partial charge in [0.25, 0.3) is 0 Å². The fraction of sp³-hybridized carbons (Fsp3) is 0.818.